The quantitative estimate of drug-likeness (QED) is 0.391. The second-order valence-electron chi connectivity index (χ2n) is 6.28. The Morgan fingerprint density at radius 3 is 2.96 bits per heavy atom. The highest BCUT2D eigenvalue weighted by Gasteiger charge is 2.22. The van der Waals surface area contributed by atoms with E-state index >= 15 is 0 Å². The van der Waals surface area contributed by atoms with Crippen molar-refractivity contribution in [3.8, 4) is 0 Å². The number of nitrogens with zero attached hydrogens (tertiary/aromatic N) is 2. The molecular formula is C19H32N4O. The van der Waals surface area contributed by atoms with Crippen molar-refractivity contribution in [3.63, 3.8) is 0 Å². The van der Waals surface area contributed by atoms with Crippen LogP contribution < -0.4 is 11.1 Å². The number of aliphatic imine (C=N–C) groups is 1. The van der Waals surface area contributed by atoms with Gasteiger partial charge in [-0.3, -0.25) is 9.89 Å². The summed E-state index contributed by atoms with van der Waals surface area (Å²) in [7, 11) is 0. The fourth-order valence-corrected chi connectivity index (χ4v) is 3.11. The molecule has 1 aliphatic rings. The van der Waals surface area contributed by atoms with Gasteiger partial charge in [0.15, 0.2) is 5.96 Å². The molecule has 134 valence electrons. The van der Waals surface area contributed by atoms with Crippen molar-refractivity contribution in [1.82, 2.24) is 10.2 Å². The van der Waals surface area contributed by atoms with Gasteiger partial charge in [-0.1, -0.05) is 37.3 Å². The third-order valence-electron chi connectivity index (χ3n) is 4.53. The van der Waals surface area contributed by atoms with Crippen molar-refractivity contribution in [2.24, 2.45) is 10.7 Å². The van der Waals surface area contributed by atoms with Gasteiger partial charge in [0.05, 0.1) is 13.2 Å². The first-order valence-electron chi connectivity index (χ1n) is 9.19. The Bertz CT molecular complexity index is 478. The normalized spacial score (nSPS) is 18.9. The van der Waals surface area contributed by atoms with E-state index in [2.05, 4.69) is 46.4 Å². The lowest BCUT2D eigenvalue weighted by molar-refractivity contribution is 0.135. The minimum atomic E-state index is 0.558. The molecule has 0 spiro atoms. The van der Waals surface area contributed by atoms with E-state index in [9.17, 15) is 0 Å². The molecule has 1 unspecified atom stereocenters. The third kappa shape index (κ3) is 6.89. The molecule has 1 atom stereocenters. The first kappa shape index (κ1) is 18.7. The van der Waals surface area contributed by atoms with Gasteiger partial charge in [-0.05, 0) is 44.3 Å². The molecule has 5 heteroatoms. The number of nitrogens with one attached hydrogen (secondary N) is 1. The minimum absolute atomic E-state index is 0.558. The van der Waals surface area contributed by atoms with Crippen LogP contribution in [0.25, 0.3) is 0 Å². The van der Waals surface area contributed by atoms with Crippen LogP contribution in [0, 0.1) is 0 Å². The fourth-order valence-electron chi connectivity index (χ4n) is 3.11. The van der Waals surface area contributed by atoms with E-state index < -0.39 is 0 Å². The zero-order chi connectivity index (χ0) is 17.0. The molecule has 5 nitrogen and oxygen atoms in total. The number of hydrogen-bond acceptors (Lipinski definition) is 3. The predicted molar refractivity (Wildman–Crippen MR) is 100 cm³/mol. The summed E-state index contributed by atoms with van der Waals surface area (Å²) in [6.45, 7) is 7.64. The first-order chi connectivity index (χ1) is 11.8. The average Bonchev–Trinajstić information content (AvgIpc) is 3.07. The Morgan fingerprint density at radius 2 is 2.17 bits per heavy atom. The summed E-state index contributed by atoms with van der Waals surface area (Å²) in [5.74, 6) is 0.558. The number of guanidine groups is 1. The lowest BCUT2D eigenvalue weighted by Gasteiger charge is -2.20. The lowest BCUT2D eigenvalue weighted by atomic mass is 10.2. The van der Waals surface area contributed by atoms with Crippen LogP contribution in [-0.4, -0.2) is 56.3 Å². The van der Waals surface area contributed by atoms with Crippen LogP contribution >= 0.6 is 0 Å². The molecule has 3 N–H and O–H groups in total. The summed E-state index contributed by atoms with van der Waals surface area (Å²) in [6.07, 6.45) is 4.42. The largest absolute Gasteiger partial charge is 0.381 e. The summed E-state index contributed by atoms with van der Waals surface area (Å²) < 4.78 is 5.66. The summed E-state index contributed by atoms with van der Waals surface area (Å²) in [5, 5.41) is 3.18. The molecule has 1 heterocycles. The molecule has 0 aromatic heterocycles. The van der Waals surface area contributed by atoms with Gasteiger partial charge in [0.25, 0.3) is 0 Å². The number of rotatable bonds is 10. The van der Waals surface area contributed by atoms with Crippen molar-refractivity contribution >= 4 is 5.96 Å². The standard InChI is InChI=1S/C19H32N4O/c1-2-23-13-6-10-18(23)16-22-19(20)21-12-7-14-24-15-11-17-8-4-3-5-9-17/h3-5,8-9,18H,2,6-7,10-16H2,1H3,(H3,20,21,22). The molecule has 1 aromatic carbocycles. The van der Waals surface area contributed by atoms with Crippen LogP contribution in [0.4, 0.5) is 0 Å². The molecule has 1 aliphatic heterocycles. The highest BCUT2D eigenvalue weighted by molar-refractivity contribution is 5.77. The van der Waals surface area contributed by atoms with Crippen molar-refractivity contribution in [3.05, 3.63) is 35.9 Å². The number of likely N-dealkylation sites (tertiary alicyclic amines) is 1. The molecule has 2 rings (SSSR count). The number of ether oxygens (including phenoxy) is 1. The minimum Gasteiger partial charge on any atom is -0.381 e. The smallest absolute Gasteiger partial charge is 0.188 e. The van der Waals surface area contributed by atoms with Gasteiger partial charge in [-0.15, -0.1) is 0 Å². The summed E-state index contributed by atoms with van der Waals surface area (Å²) in [6, 6.07) is 11.0. The zero-order valence-corrected chi connectivity index (χ0v) is 14.9. The number of nitrogens with two attached hydrogens (primary N) is 1. The van der Waals surface area contributed by atoms with Crippen molar-refractivity contribution in [1.29, 1.82) is 0 Å². The van der Waals surface area contributed by atoms with Gasteiger partial charge in [0.1, 0.15) is 0 Å². The molecule has 0 aliphatic carbocycles. The molecule has 1 fully saturated rings. The van der Waals surface area contributed by atoms with Crippen molar-refractivity contribution < 1.29 is 4.74 Å². The van der Waals surface area contributed by atoms with Crippen molar-refractivity contribution in [2.45, 2.75) is 38.6 Å². The zero-order valence-electron chi connectivity index (χ0n) is 14.9. The van der Waals surface area contributed by atoms with Gasteiger partial charge in [-0.25, -0.2) is 0 Å². The second kappa shape index (κ2) is 11.0. The number of hydrogen-bond donors (Lipinski definition) is 2. The summed E-state index contributed by atoms with van der Waals surface area (Å²) >= 11 is 0. The topological polar surface area (TPSA) is 62.9 Å². The Morgan fingerprint density at radius 1 is 1.33 bits per heavy atom. The van der Waals surface area contributed by atoms with Crippen LogP contribution in [0.2, 0.25) is 0 Å². The van der Waals surface area contributed by atoms with E-state index in [1.54, 1.807) is 0 Å². The second-order valence-corrected chi connectivity index (χ2v) is 6.28. The lowest BCUT2D eigenvalue weighted by Crippen LogP contribution is -2.36. The monoisotopic (exact) mass is 332 g/mol. The summed E-state index contributed by atoms with van der Waals surface area (Å²) in [5.41, 5.74) is 7.25. The Labute approximate surface area is 146 Å². The van der Waals surface area contributed by atoms with E-state index in [4.69, 9.17) is 10.5 Å². The van der Waals surface area contributed by atoms with Gasteiger partial charge >= 0.3 is 0 Å². The van der Waals surface area contributed by atoms with Gasteiger partial charge in [0.2, 0.25) is 0 Å². The summed E-state index contributed by atoms with van der Waals surface area (Å²) in [4.78, 5) is 6.96. The molecule has 0 amide bonds. The maximum atomic E-state index is 5.94. The number of likely N-dealkylation sites (N-methyl/N-ethyl adjacent to an activating group) is 1. The number of benzene rings is 1. The van der Waals surface area contributed by atoms with Crippen LogP contribution in [0.1, 0.15) is 31.7 Å². The molecule has 1 saturated heterocycles. The predicted octanol–water partition coefficient (Wildman–Crippen LogP) is 2.02. The maximum absolute atomic E-state index is 5.94. The van der Waals surface area contributed by atoms with Gasteiger partial charge in [-0.2, -0.15) is 0 Å². The van der Waals surface area contributed by atoms with E-state index in [-0.39, 0.29) is 0 Å². The van der Waals surface area contributed by atoms with Crippen LogP contribution in [-0.2, 0) is 11.2 Å². The molecular weight excluding hydrogens is 300 g/mol. The van der Waals surface area contributed by atoms with E-state index in [0.717, 1.165) is 45.7 Å². The van der Waals surface area contributed by atoms with Gasteiger partial charge in [0, 0.05) is 19.2 Å². The van der Waals surface area contributed by atoms with Gasteiger partial charge < -0.3 is 15.8 Å². The Balaban J connectivity index is 1.48. The maximum Gasteiger partial charge on any atom is 0.188 e. The average molecular weight is 332 g/mol. The molecule has 24 heavy (non-hydrogen) atoms. The molecule has 0 bridgehead atoms. The van der Waals surface area contributed by atoms with Crippen LogP contribution in [0.3, 0.4) is 0 Å². The molecule has 0 radical (unpaired) electrons. The third-order valence-corrected chi connectivity index (χ3v) is 4.53. The van der Waals surface area contributed by atoms with Crippen LogP contribution in [0.15, 0.2) is 35.3 Å². The first-order valence-corrected chi connectivity index (χ1v) is 9.19. The molecule has 0 saturated carbocycles. The Kier molecular flexibility index (Phi) is 8.63. The fraction of sp³-hybridized carbons (Fsp3) is 0.632. The highest BCUT2D eigenvalue weighted by atomic mass is 16.5. The van der Waals surface area contributed by atoms with E-state index in [1.165, 1.54) is 24.9 Å². The van der Waals surface area contributed by atoms with E-state index in [1.807, 2.05) is 6.07 Å². The van der Waals surface area contributed by atoms with E-state index in [0.29, 0.717) is 12.0 Å². The highest BCUT2D eigenvalue weighted by Crippen LogP contribution is 2.16. The SMILES string of the molecule is CCN1CCCC1CN=C(N)NCCCOCCc1ccccc1. The van der Waals surface area contributed by atoms with Crippen LogP contribution in [0.5, 0.6) is 0 Å². The Hall–Kier alpha value is -1.59. The van der Waals surface area contributed by atoms with Crippen molar-refractivity contribution in [2.75, 3.05) is 39.4 Å². The molecule has 1 aromatic rings.